The van der Waals surface area contributed by atoms with Crippen molar-refractivity contribution in [2.75, 3.05) is 32.8 Å². The van der Waals surface area contributed by atoms with Crippen LogP contribution in [-0.2, 0) is 41.8 Å². The van der Waals surface area contributed by atoms with Gasteiger partial charge in [-0.1, -0.05) is 94.4 Å². The molecule has 10 atom stereocenters. The summed E-state index contributed by atoms with van der Waals surface area (Å²) in [5.74, 6) is -0.114. The lowest BCUT2D eigenvalue weighted by Crippen LogP contribution is -2.62. The average Bonchev–Trinajstić information content (AvgIpc) is 4.18. The molecule has 0 radical (unpaired) electrons. The fourth-order valence-corrected chi connectivity index (χ4v) is 20.0. The lowest BCUT2D eigenvalue weighted by Gasteiger charge is -2.49. The third kappa shape index (κ3) is 16.7. The number of amides is 1. The molecule has 2 fully saturated rings. The molecule has 0 aromatic rings. The number of allylic oxidation sites excluding steroid dienone is 2. The van der Waals surface area contributed by atoms with E-state index in [-0.39, 0.29) is 48.8 Å². The van der Waals surface area contributed by atoms with E-state index in [4.69, 9.17) is 37.0 Å². The Morgan fingerprint density at radius 1 is 0.857 bits per heavy atom. The standard InChI is InChI=1S/C55H104N2O10Si3/c1-18-48(66-69(23-6,24-7)25-8)44(14)51-52(63-51)55(17,64-45(15)60-19-2)54(16,67-70(26-9,27-10)28-11)36-35-42(12)43(13)49-34-30-32-46(61-53(59)57-39-37-56-38-40-57)31-29-33-47(41-50(58)62-49)65-68(20-3,21-4)22-5/h30,32,35-36,44-49,51-52,56H,18-29,31,33-34,37-41H2,1-17H3/b32-30+,36-35+,43-42+/t44-,45-,46-,47-,48+,49-,51+,52+,54-,55-/m1/s1. The summed E-state index contributed by atoms with van der Waals surface area (Å²) >= 11 is 0. The Labute approximate surface area is 430 Å². The molecule has 70 heavy (non-hydrogen) atoms. The first kappa shape index (κ1) is 62.6. The molecule has 3 aliphatic heterocycles. The highest BCUT2D eigenvalue weighted by Crippen LogP contribution is 2.50. The molecule has 3 aliphatic rings. The van der Waals surface area contributed by atoms with Gasteiger partial charge in [-0.3, -0.25) is 4.79 Å². The van der Waals surface area contributed by atoms with Gasteiger partial charge in [-0.05, 0) is 139 Å². The van der Waals surface area contributed by atoms with E-state index in [1.807, 2.05) is 26.0 Å². The molecule has 2 saturated heterocycles. The van der Waals surface area contributed by atoms with Crippen LogP contribution in [0.4, 0.5) is 4.79 Å². The Bertz CT molecular complexity index is 1640. The average molecular weight is 1040 g/mol. The van der Waals surface area contributed by atoms with Gasteiger partial charge in [0.05, 0.1) is 18.6 Å². The number of ether oxygens (including phenoxy) is 5. The number of piperazine rings is 1. The summed E-state index contributed by atoms with van der Waals surface area (Å²) in [4.78, 5) is 29.3. The summed E-state index contributed by atoms with van der Waals surface area (Å²) < 4.78 is 54.8. The second kappa shape index (κ2) is 29.4. The molecule has 0 aromatic carbocycles. The van der Waals surface area contributed by atoms with Gasteiger partial charge in [-0.2, -0.15) is 0 Å². The minimum Gasteiger partial charge on any atom is -0.457 e. The van der Waals surface area contributed by atoms with Crippen LogP contribution >= 0.6 is 0 Å². The summed E-state index contributed by atoms with van der Waals surface area (Å²) in [5, 5.41) is 3.32. The second-order valence-electron chi connectivity index (χ2n) is 21.0. The fourth-order valence-electron chi connectivity index (χ4n) is 10.9. The second-order valence-corrected chi connectivity index (χ2v) is 35.1. The van der Waals surface area contributed by atoms with Crippen molar-refractivity contribution in [2.45, 2.75) is 265 Å². The maximum Gasteiger partial charge on any atom is 0.410 e. The lowest BCUT2D eigenvalue weighted by molar-refractivity contribution is -0.242. The topological polar surface area (TPSA) is 127 Å². The Hall–Kier alpha value is -1.67. The summed E-state index contributed by atoms with van der Waals surface area (Å²) in [7, 11) is -6.23. The van der Waals surface area contributed by atoms with Crippen LogP contribution in [0.1, 0.15) is 156 Å². The first-order valence-electron chi connectivity index (χ1n) is 28.1. The number of esters is 1. The van der Waals surface area contributed by atoms with Crippen LogP contribution in [0.25, 0.3) is 0 Å². The first-order valence-corrected chi connectivity index (χ1v) is 35.7. The van der Waals surface area contributed by atoms with E-state index in [1.54, 1.807) is 4.90 Å². The zero-order chi connectivity index (χ0) is 52.3. The molecule has 15 heteroatoms. The SMILES string of the molecule is CCO[C@@H](C)O[C@](C)([C@H]1O[C@H]1[C@H](C)[C@H](CC)O[Si](CC)(CC)CC)[C@@](C)(/C=C/C(C)=C(\C)[C@H]1C/C=C/[C@H](OC(=O)N2CCNCC2)CCC[C@@H](O[Si](CC)(CC)CC)CC(=O)O1)O[Si](CC)(CC)CC. The van der Waals surface area contributed by atoms with Crippen LogP contribution in [0, 0.1) is 5.92 Å². The van der Waals surface area contributed by atoms with E-state index in [0.29, 0.717) is 39.0 Å². The quantitative estimate of drug-likeness (QED) is 0.0201. The van der Waals surface area contributed by atoms with E-state index >= 15 is 0 Å². The third-order valence-corrected chi connectivity index (χ3v) is 31.3. The number of epoxide rings is 1. The van der Waals surface area contributed by atoms with E-state index in [1.165, 1.54) is 0 Å². The van der Waals surface area contributed by atoms with Crippen LogP contribution in [0.5, 0.6) is 0 Å². The van der Waals surface area contributed by atoms with Gasteiger partial charge in [-0.25, -0.2) is 4.79 Å². The van der Waals surface area contributed by atoms with Gasteiger partial charge in [0.25, 0.3) is 0 Å². The minimum atomic E-state index is -2.30. The van der Waals surface area contributed by atoms with Crippen molar-refractivity contribution in [3.05, 3.63) is 35.5 Å². The Kier molecular flexibility index (Phi) is 26.3. The van der Waals surface area contributed by atoms with Crippen molar-refractivity contribution in [3.63, 3.8) is 0 Å². The number of nitrogens with zero attached hydrogens (tertiary/aromatic N) is 1. The Morgan fingerprint density at radius 3 is 1.99 bits per heavy atom. The molecular formula is C55H104N2O10Si3. The minimum absolute atomic E-state index is 0.0784. The van der Waals surface area contributed by atoms with Gasteiger partial charge in [0.15, 0.2) is 31.2 Å². The molecular weight excluding hydrogens is 933 g/mol. The van der Waals surface area contributed by atoms with Crippen LogP contribution in [0.2, 0.25) is 54.4 Å². The molecule has 1 amide bonds. The number of nitrogens with one attached hydrogen (secondary N) is 1. The van der Waals surface area contributed by atoms with Crippen molar-refractivity contribution < 1.29 is 46.6 Å². The number of cyclic esters (lactones) is 1. The smallest absolute Gasteiger partial charge is 0.410 e. The normalized spacial score (nSPS) is 26.2. The zero-order valence-corrected chi connectivity index (χ0v) is 50.6. The predicted octanol–water partition coefficient (Wildman–Crippen LogP) is 13.3. The van der Waals surface area contributed by atoms with Crippen molar-refractivity contribution in [1.82, 2.24) is 10.2 Å². The highest BCUT2D eigenvalue weighted by atomic mass is 28.4. The first-order chi connectivity index (χ1) is 33.2. The molecule has 1 N–H and O–H groups in total. The Morgan fingerprint density at radius 2 is 1.44 bits per heavy atom. The molecule has 0 aliphatic carbocycles. The molecule has 406 valence electrons. The lowest BCUT2D eigenvalue weighted by atomic mass is 9.78. The van der Waals surface area contributed by atoms with E-state index < -0.39 is 54.7 Å². The number of hydrogen-bond acceptors (Lipinski definition) is 11. The maximum atomic E-state index is 14.1. The van der Waals surface area contributed by atoms with Crippen molar-refractivity contribution in [2.24, 2.45) is 5.92 Å². The van der Waals surface area contributed by atoms with Crippen molar-refractivity contribution in [3.8, 4) is 0 Å². The van der Waals surface area contributed by atoms with Gasteiger partial charge in [0.2, 0.25) is 0 Å². The molecule has 0 saturated carbocycles. The molecule has 3 rings (SSSR count). The monoisotopic (exact) mass is 1040 g/mol. The van der Waals surface area contributed by atoms with Gasteiger partial charge >= 0.3 is 12.1 Å². The molecule has 0 spiro atoms. The highest BCUT2D eigenvalue weighted by molar-refractivity contribution is 6.74. The van der Waals surface area contributed by atoms with E-state index in [2.05, 4.69) is 121 Å². The number of carbonyl (C=O) groups excluding carboxylic acids is 2. The largest absolute Gasteiger partial charge is 0.457 e. The number of rotatable bonds is 28. The Balaban J connectivity index is 2.15. The van der Waals surface area contributed by atoms with Crippen molar-refractivity contribution >= 4 is 37.0 Å². The van der Waals surface area contributed by atoms with Gasteiger partial charge < -0.3 is 47.2 Å². The highest BCUT2D eigenvalue weighted by Gasteiger charge is 2.65. The number of hydrogen-bond donors (Lipinski definition) is 1. The molecule has 0 bridgehead atoms. The zero-order valence-electron chi connectivity index (χ0n) is 47.6. The summed E-state index contributed by atoms with van der Waals surface area (Å²) in [6.45, 7) is 40.6. The summed E-state index contributed by atoms with van der Waals surface area (Å²) in [6.07, 6.45) is 9.67. The number of carbonyl (C=O) groups is 2. The van der Waals surface area contributed by atoms with Crippen LogP contribution < -0.4 is 5.32 Å². The molecule has 0 aromatic heterocycles. The third-order valence-electron chi connectivity index (χ3n) is 17.2. The molecule has 0 unspecified atom stereocenters. The van der Waals surface area contributed by atoms with Gasteiger partial charge in [-0.15, -0.1) is 0 Å². The van der Waals surface area contributed by atoms with Gasteiger partial charge in [0.1, 0.15) is 29.5 Å². The van der Waals surface area contributed by atoms with Crippen molar-refractivity contribution in [1.29, 1.82) is 0 Å². The predicted molar refractivity (Wildman–Crippen MR) is 294 cm³/mol. The summed E-state index contributed by atoms with van der Waals surface area (Å²) in [6, 6.07) is 9.15. The van der Waals surface area contributed by atoms with E-state index in [0.717, 1.165) is 91.5 Å². The molecule has 3 heterocycles. The van der Waals surface area contributed by atoms with Crippen LogP contribution in [0.3, 0.4) is 0 Å². The fraction of sp³-hybridized carbons (Fsp3) is 0.855. The molecule has 12 nitrogen and oxygen atoms in total. The maximum absolute atomic E-state index is 14.1. The van der Waals surface area contributed by atoms with Gasteiger partial charge in [0, 0.05) is 51.2 Å². The van der Waals surface area contributed by atoms with Crippen LogP contribution in [0.15, 0.2) is 35.5 Å². The van der Waals surface area contributed by atoms with Crippen LogP contribution in [-0.4, -0.2) is 129 Å². The van der Waals surface area contributed by atoms with E-state index in [9.17, 15) is 9.59 Å². The summed E-state index contributed by atoms with van der Waals surface area (Å²) in [5.41, 5.74) is -0.00948.